The third-order valence-electron chi connectivity index (χ3n) is 5.68. The van der Waals surface area contributed by atoms with E-state index in [0.29, 0.717) is 42.6 Å². The van der Waals surface area contributed by atoms with E-state index in [0.717, 1.165) is 11.3 Å². The van der Waals surface area contributed by atoms with E-state index in [-0.39, 0.29) is 11.7 Å². The number of para-hydroxylation sites is 2. The molecule has 3 aromatic rings. The van der Waals surface area contributed by atoms with Crippen molar-refractivity contribution in [2.24, 2.45) is 0 Å². The van der Waals surface area contributed by atoms with Gasteiger partial charge in [-0.2, -0.15) is 0 Å². The first-order valence-electron chi connectivity index (χ1n) is 10.5. The maximum Gasteiger partial charge on any atom is 0.246 e. The minimum atomic E-state index is -0.441. The molecule has 166 valence electrons. The van der Waals surface area contributed by atoms with E-state index in [9.17, 15) is 9.90 Å². The molecule has 6 nitrogen and oxygen atoms in total. The number of carbonyl (C=O) groups is 1. The third-order valence-corrected chi connectivity index (χ3v) is 5.98. The van der Waals surface area contributed by atoms with Gasteiger partial charge in [-0.05, 0) is 35.9 Å². The SMILES string of the molecule is COc1ccc(NC(=O)[C@@H](c2ccccc2)N2CCN(c3ccccc3O)CC2)cc1Cl. The number of phenolic OH excluding ortho intramolecular Hbond substituents is 1. The van der Waals surface area contributed by atoms with Gasteiger partial charge in [-0.25, -0.2) is 0 Å². The second-order valence-electron chi connectivity index (χ2n) is 7.66. The number of hydrogen-bond donors (Lipinski definition) is 2. The Morgan fingerprint density at radius 1 is 1.00 bits per heavy atom. The van der Waals surface area contributed by atoms with Crippen molar-refractivity contribution in [3.8, 4) is 11.5 Å². The van der Waals surface area contributed by atoms with Crippen molar-refractivity contribution < 1.29 is 14.6 Å². The number of anilines is 2. The Kier molecular flexibility index (Phi) is 6.83. The van der Waals surface area contributed by atoms with Gasteiger partial charge in [-0.15, -0.1) is 0 Å². The average Bonchev–Trinajstić information content (AvgIpc) is 2.81. The van der Waals surface area contributed by atoms with E-state index >= 15 is 0 Å². The number of methoxy groups -OCH3 is 1. The van der Waals surface area contributed by atoms with Gasteiger partial charge in [0.2, 0.25) is 5.91 Å². The van der Waals surface area contributed by atoms with Crippen LogP contribution in [0, 0.1) is 0 Å². The number of halogens is 1. The van der Waals surface area contributed by atoms with E-state index in [2.05, 4.69) is 15.1 Å². The second-order valence-corrected chi connectivity index (χ2v) is 8.07. The van der Waals surface area contributed by atoms with Gasteiger partial charge in [0.1, 0.15) is 17.5 Å². The number of benzene rings is 3. The van der Waals surface area contributed by atoms with Crippen molar-refractivity contribution in [3.05, 3.63) is 83.4 Å². The number of amides is 1. The molecule has 0 aromatic heterocycles. The summed E-state index contributed by atoms with van der Waals surface area (Å²) >= 11 is 6.23. The van der Waals surface area contributed by atoms with Gasteiger partial charge in [-0.3, -0.25) is 9.69 Å². The highest BCUT2D eigenvalue weighted by Gasteiger charge is 2.31. The fraction of sp³-hybridized carbons (Fsp3) is 0.240. The number of piperazine rings is 1. The lowest BCUT2D eigenvalue weighted by molar-refractivity contribution is -0.121. The number of hydrogen-bond acceptors (Lipinski definition) is 5. The molecule has 0 spiro atoms. The van der Waals surface area contributed by atoms with Crippen LogP contribution >= 0.6 is 11.6 Å². The van der Waals surface area contributed by atoms with Crippen molar-refractivity contribution in [2.75, 3.05) is 43.5 Å². The quantitative estimate of drug-likeness (QED) is 0.575. The molecule has 1 aliphatic rings. The predicted molar refractivity (Wildman–Crippen MR) is 128 cm³/mol. The molecular formula is C25H26ClN3O3. The summed E-state index contributed by atoms with van der Waals surface area (Å²) in [5.41, 5.74) is 2.37. The first-order chi connectivity index (χ1) is 15.6. The van der Waals surface area contributed by atoms with Crippen molar-refractivity contribution in [1.29, 1.82) is 0 Å². The molecule has 3 aromatic carbocycles. The number of ether oxygens (including phenoxy) is 1. The molecule has 0 radical (unpaired) electrons. The normalized spacial score (nSPS) is 15.2. The summed E-state index contributed by atoms with van der Waals surface area (Å²) in [4.78, 5) is 17.7. The van der Waals surface area contributed by atoms with E-state index < -0.39 is 6.04 Å². The zero-order valence-corrected chi connectivity index (χ0v) is 18.6. The van der Waals surface area contributed by atoms with Crippen LogP contribution < -0.4 is 15.0 Å². The Morgan fingerprint density at radius 3 is 2.34 bits per heavy atom. The molecule has 32 heavy (non-hydrogen) atoms. The van der Waals surface area contributed by atoms with Gasteiger partial charge in [0.25, 0.3) is 0 Å². The monoisotopic (exact) mass is 451 g/mol. The number of aromatic hydroxyl groups is 1. The molecule has 1 heterocycles. The minimum absolute atomic E-state index is 0.117. The van der Waals surface area contributed by atoms with Gasteiger partial charge >= 0.3 is 0 Å². The van der Waals surface area contributed by atoms with Gasteiger partial charge in [0.15, 0.2) is 0 Å². The Hall–Kier alpha value is -3.22. The molecular weight excluding hydrogens is 426 g/mol. The van der Waals surface area contributed by atoms with Crippen molar-refractivity contribution >= 4 is 28.9 Å². The average molecular weight is 452 g/mol. The summed E-state index contributed by atoms with van der Waals surface area (Å²) in [6, 6.07) is 21.9. The van der Waals surface area contributed by atoms with Crippen molar-refractivity contribution in [1.82, 2.24) is 4.90 Å². The largest absolute Gasteiger partial charge is 0.506 e. The zero-order valence-electron chi connectivity index (χ0n) is 17.9. The van der Waals surface area contributed by atoms with Crippen LogP contribution in [0.4, 0.5) is 11.4 Å². The topological polar surface area (TPSA) is 65.0 Å². The molecule has 1 atom stereocenters. The Bertz CT molecular complexity index is 1070. The van der Waals surface area contributed by atoms with E-state index in [1.165, 1.54) is 0 Å². The summed E-state index contributed by atoms with van der Waals surface area (Å²) in [5.74, 6) is 0.715. The number of phenols is 1. The van der Waals surface area contributed by atoms with Gasteiger partial charge in [0.05, 0.1) is 17.8 Å². The molecule has 0 aliphatic carbocycles. The summed E-state index contributed by atoms with van der Waals surface area (Å²) in [6.45, 7) is 2.79. The fourth-order valence-corrected chi connectivity index (χ4v) is 4.33. The Labute approximate surface area is 193 Å². The Balaban J connectivity index is 1.52. The highest BCUT2D eigenvalue weighted by Crippen LogP contribution is 2.31. The molecule has 4 rings (SSSR count). The van der Waals surface area contributed by atoms with Gasteiger partial charge in [0, 0.05) is 31.9 Å². The van der Waals surface area contributed by atoms with Crippen LogP contribution in [0.15, 0.2) is 72.8 Å². The molecule has 0 bridgehead atoms. The minimum Gasteiger partial charge on any atom is -0.506 e. The van der Waals surface area contributed by atoms with Crippen LogP contribution in [-0.4, -0.2) is 49.2 Å². The molecule has 0 unspecified atom stereocenters. The number of nitrogens with zero attached hydrogens (tertiary/aromatic N) is 2. The van der Waals surface area contributed by atoms with Crippen LogP contribution in [0.2, 0.25) is 5.02 Å². The second kappa shape index (κ2) is 9.94. The van der Waals surface area contributed by atoms with E-state index in [1.807, 2.05) is 48.5 Å². The zero-order chi connectivity index (χ0) is 22.5. The Morgan fingerprint density at radius 2 is 1.69 bits per heavy atom. The smallest absolute Gasteiger partial charge is 0.246 e. The maximum atomic E-state index is 13.4. The molecule has 0 saturated carbocycles. The standard InChI is InChI=1S/C25H26ClN3O3/c1-32-23-12-11-19(17-20(23)26)27-25(31)24(18-7-3-2-4-8-18)29-15-13-28(14-16-29)21-9-5-6-10-22(21)30/h2-12,17,24,30H,13-16H2,1H3,(H,27,31)/t24-/m1/s1. The molecule has 1 amide bonds. The summed E-state index contributed by atoms with van der Waals surface area (Å²) in [6.07, 6.45) is 0. The summed E-state index contributed by atoms with van der Waals surface area (Å²) < 4.78 is 5.20. The number of rotatable bonds is 6. The maximum absolute atomic E-state index is 13.4. The van der Waals surface area contributed by atoms with E-state index in [1.54, 1.807) is 31.4 Å². The molecule has 1 saturated heterocycles. The van der Waals surface area contributed by atoms with Gasteiger partial charge in [-0.1, -0.05) is 54.1 Å². The lowest BCUT2D eigenvalue weighted by Crippen LogP contribution is -2.50. The summed E-state index contributed by atoms with van der Waals surface area (Å²) in [5, 5.41) is 13.6. The number of carbonyl (C=O) groups excluding carboxylic acids is 1. The van der Waals surface area contributed by atoms with Crippen LogP contribution in [0.25, 0.3) is 0 Å². The molecule has 7 heteroatoms. The lowest BCUT2D eigenvalue weighted by Gasteiger charge is -2.39. The number of nitrogens with one attached hydrogen (secondary N) is 1. The molecule has 2 N–H and O–H groups in total. The lowest BCUT2D eigenvalue weighted by atomic mass is 10.0. The molecule has 1 fully saturated rings. The van der Waals surface area contributed by atoms with Crippen LogP contribution in [0.1, 0.15) is 11.6 Å². The predicted octanol–water partition coefficient (Wildman–Crippen LogP) is 4.56. The fourth-order valence-electron chi connectivity index (χ4n) is 4.07. The highest BCUT2D eigenvalue weighted by molar-refractivity contribution is 6.32. The first-order valence-corrected chi connectivity index (χ1v) is 10.9. The first kappa shape index (κ1) is 22.0. The van der Waals surface area contributed by atoms with Crippen LogP contribution in [-0.2, 0) is 4.79 Å². The third kappa shape index (κ3) is 4.82. The van der Waals surface area contributed by atoms with E-state index in [4.69, 9.17) is 16.3 Å². The van der Waals surface area contributed by atoms with Crippen LogP contribution in [0.5, 0.6) is 11.5 Å². The summed E-state index contributed by atoms with van der Waals surface area (Å²) in [7, 11) is 1.56. The van der Waals surface area contributed by atoms with Crippen LogP contribution in [0.3, 0.4) is 0 Å². The molecule has 1 aliphatic heterocycles. The van der Waals surface area contributed by atoms with Crippen molar-refractivity contribution in [3.63, 3.8) is 0 Å². The highest BCUT2D eigenvalue weighted by atomic mass is 35.5. The van der Waals surface area contributed by atoms with Crippen molar-refractivity contribution in [2.45, 2.75) is 6.04 Å². The van der Waals surface area contributed by atoms with Gasteiger partial charge < -0.3 is 20.1 Å².